The maximum absolute atomic E-state index is 12.4. The number of para-hydroxylation sites is 1. The van der Waals surface area contributed by atoms with Crippen LogP contribution in [-0.2, 0) is 11.3 Å². The van der Waals surface area contributed by atoms with Gasteiger partial charge in [0.05, 0.1) is 18.3 Å². The van der Waals surface area contributed by atoms with Gasteiger partial charge in [0.25, 0.3) is 5.91 Å². The lowest BCUT2D eigenvalue weighted by atomic mass is 10.2. The van der Waals surface area contributed by atoms with Crippen LogP contribution >= 0.6 is 0 Å². The Morgan fingerprint density at radius 1 is 1.33 bits per heavy atom. The predicted octanol–water partition coefficient (Wildman–Crippen LogP) is 1.12. The molecule has 0 radical (unpaired) electrons. The van der Waals surface area contributed by atoms with Crippen LogP contribution in [0.1, 0.15) is 11.7 Å². The fraction of sp³-hybridized carbons (Fsp3) is 0.214. The number of benzene rings is 1. The fourth-order valence-electron chi connectivity index (χ4n) is 2.19. The molecule has 0 bridgehead atoms. The van der Waals surface area contributed by atoms with E-state index < -0.39 is 6.09 Å². The second-order valence-electron chi connectivity index (χ2n) is 4.85. The second kappa shape index (κ2) is 6.36. The first-order chi connectivity index (χ1) is 11.6. The summed E-state index contributed by atoms with van der Waals surface area (Å²) in [5, 5.41) is 14.7. The minimum absolute atomic E-state index is 0.109. The van der Waals surface area contributed by atoms with Crippen LogP contribution in [0, 0.1) is 0 Å². The third kappa shape index (κ3) is 3.02. The first-order valence-electron chi connectivity index (χ1n) is 7.19. The lowest BCUT2D eigenvalue weighted by Crippen LogP contribution is -2.19. The highest BCUT2D eigenvalue weighted by atomic mass is 16.5. The number of nitrogens with one attached hydrogen (secondary N) is 1. The summed E-state index contributed by atoms with van der Waals surface area (Å²) >= 11 is 0. The summed E-state index contributed by atoms with van der Waals surface area (Å²) in [6.45, 7) is 1.82. The molecular formula is C14H15N7O3. The Morgan fingerprint density at radius 2 is 2.12 bits per heavy atom. The van der Waals surface area contributed by atoms with Crippen molar-refractivity contribution < 1.29 is 14.3 Å². The lowest BCUT2D eigenvalue weighted by molar-refractivity contribution is 0.0875. The van der Waals surface area contributed by atoms with Gasteiger partial charge in [-0.15, -0.1) is 10.2 Å². The van der Waals surface area contributed by atoms with Crippen molar-refractivity contribution >= 4 is 34.5 Å². The molecule has 1 aromatic carbocycles. The van der Waals surface area contributed by atoms with Crippen LogP contribution < -0.4 is 11.1 Å². The van der Waals surface area contributed by atoms with E-state index in [1.807, 2.05) is 6.07 Å². The average molecular weight is 329 g/mol. The van der Waals surface area contributed by atoms with Crippen LogP contribution in [0.2, 0.25) is 0 Å². The van der Waals surface area contributed by atoms with Crippen LogP contribution in [0.25, 0.3) is 10.9 Å². The number of hydrogen-bond acceptors (Lipinski definition) is 7. The molecule has 0 aliphatic heterocycles. The number of carbonyl (C=O) groups excluding carboxylic acids is 2. The van der Waals surface area contributed by atoms with Crippen molar-refractivity contribution in [1.29, 1.82) is 0 Å². The normalized spacial score (nSPS) is 10.7. The van der Waals surface area contributed by atoms with Crippen LogP contribution in [-0.4, -0.2) is 43.4 Å². The highest BCUT2D eigenvalue weighted by Crippen LogP contribution is 2.19. The van der Waals surface area contributed by atoms with Crippen molar-refractivity contribution in [2.45, 2.75) is 13.5 Å². The summed E-state index contributed by atoms with van der Waals surface area (Å²) < 4.78 is 7.25. The molecule has 0 aliphatic carbocycles. The molecule has 3 aromatic rings. The molecule has 10 heteroatoms. The number of rotatable bonds is 4. The van der Waals surface area contributed by atoms with Crippen molar-refractivity contribution in [3.05, 3.63) is 30.5 Å². The Balaban J connectivity index is 1.75. The number of nitrogen functional groups attached to an aromatic ring is 1. The van der Waals surface area contributed by atoms with E-state index in [0.717, 1.165) is 0 Å². The molecule has 1 amide bonds. The molecule has 0 fully saturated rings. The molecule has 0 unspecified atom stereocenters. The van der Waals surface area contributed by atoms with Gasteiger partial charge in [0.15, 0.2) is 11.6 Å². The molecule has 0 saturated carbocycles. The van der Waals surface area contributed by atoms with Crippen LogP contribution in [0.15, 0.2) is 30.5 Å². The molecule has 10 nitrogen and oxygen atoms in total. The maximum atomic E-state index is 12.4. The minimum Gasteiger partial charge on any atom is -0.450 e. The minimum atomic E-state index is -0.637. The Bertz CT molecular complexity index is 899. The third-order valence-electron chi connectivity index (χ3n) is 3.19. The zero-order valence-corrected chi connectivity index (χ0v) is 12.8. The first-order valence-corrected chi connectivity index (χ1v) is 7.19. The van der Waals surface area contributed by atoms with Gasteiger partial charge in [0, 0.05) is 5.39 Å². The lowest BCUT2D eigenvalue weighted by Gasteiger charge is -2.02. The van der Waals surface area contributed by atoms with Gasteiger partial charge in [-0.3, -0.25) is 10.1 Å². The topological polar surface area (TPSA) is 130 Å². The fourth-order valence-corrected chi connectivity index (χ4v) is 2.19. The van der Waals surface area contributed by atoms with Gasteiger partial charge in [-0.2, -0.15) is 4.68 Å². The molecule has 124 valence electrons. The van der Waals surface area contributed by atoms with Crippen molar-refractivity contribution in [2.24, 2.45) is 0 Å². The molecule has 0 spiro atoms. The number of carbonyl (C=O) groups is 2. The summed E-state index contributed by atoms with van der Waals surface area (Å²) in [7, 11) is 0. The Labute approximate surface area is 136 Å². The van der Waals surface area contributed by atoms with Gasteiger partial charge in [-0.1, -0.05) is 17.3 Å². The summed E-state index contributed by atoms with van der Waals surface area (Å²) in [5.41, 5.74) is 6.43. The Kier molecular flexibility index (Phi) is 4.10. The van der Waals surface area contributed by atoms with Gasteiger partial charge >= 0.3 is 6.09 Å². The molecule has 0 saturated heterocycles. The number of amides is 1. The van der Waals surface area contributed by atoms with Gasteiger partial charge in [0.1, 0.15) is 6.54 Å². The van der Waals surface area contributed by atoms with E-state index in [9.17, 15) is 9.59 Å². The van der Waals surface area contributed by atoms with E-state index in [-0.39, 0.29) is 30.7 Å². The quantitative estimate of drug-likeness (QED) is 0.733. The molecule has 24 heavy (non-hydrogen) atoms. The van der Waals surface area contributed by atoms with Gasteiger partial charge in [-0.25, -0.2) is 9.48 Å². The number of hydrogen-bond donors (Lipinski definition) is 2. The standard InChI is InChI=1S/C14H15N7O3/c1-2-24-14(23)16-11-7-20(19-17-11)8-12(22)21-10-6-4-3-5-9(10)13(15)18-21/h3-7H,2,8H2,1H3,(H2,15,18)(H,16,23). The largest absolute Gasteiger partial charge is 0.450 e. The highest BCUT2D eigenvalue weighted by Gasteiger charge is 2.15. The van der Waals surface area contributed by atoms with Gasteiger partial charge in [0.2, 0.25) is 0 Å². The molecule has 3 rings (SSSR count). The highest BCUT2D eigenvalue weighted by molar-refractivity contribution is 5.96. The van der Waals surface area contributed by atoms with Crippen molar-refractivity contribution in [1.82, 2.24) is 24.8 Å². The molecular weight excluding hydrogens is 314 g/mol. The van der Waals surface area contributed by atoms with E-state index in [0.29, 0.717) is 10.9 Å². The summed E-state index contributed by atoms with van der Waals surface area (Å²) in [4.78, 5) is 23.7. The number of nitrogens with zero attached hydrogens (tertiary/aromatic N) is 5. The van der Waals surface area contributed by atoms with E-state index in [1.54, 1.807) is 25.1 Å². The monoisotopic (exact) mass is 329 g/mol. The molecule has 2 aromatic heterocycles. The van der Waals surface area contributed by atoms with Crippen LogP contribution in [0.5, 0.6) is 0 Å². The number of anilines is 2. The third-order valence-corrected chi connectivity index (χ3v) is 3.19. The zero-order chi connectivity index (χ0) is 17.1. The summed E-state index contributed by atoms with van der Waals surface area (Å²) in [5.74, 6) is 0.128. The number of aromatic nitrogens is 5. The summed E-state index contributed by atoms with van der Waals surface area (Å²) in [6.07, 6.45) is 0.783. The van der Waals surface area contributed by atoms with Crippen LogP contribution in [0.4, 0.5) is 16.4 Å². The van der Waals surface area contributed by atoms with E-state index in [4.69, 9.17) is 10.5 Å². The molecule has 0 atom stereocenters. The van der Waals surface area contributed by atoms with Crippen LogP contribution in [0.3, 0.4) is 0 Å². The number of nitrogens with two attached hydrogens (primary N) is 1. The predicted molar refractivity (Wildman–Crippen MR) is 85.4 cm³/mol. The molecule has 3 N–H and O–H groups in total. The SMILES string of the molecule is CCOC(=O)Nc1cn(CC(=O)n2nc(N)c3ccccc32)nn1. The van der Waals surface area contributed by atoms with Crippen molar-refractivity contribution in [3.63, 3.8) is 0 Å². The number of ether oxygens (including phenoxy) is 1. The van der Waals surface area contributed by atoms with E-state index in [2.05, 4.69) is 20.7 Å². The zero-order valence-electron chi connectivity index (χ0n) is 12.8. The van der Waals surface area contributed by atoms with Gasteiger partial charge in [-0.05, 0) is 19.1 Å². The molecule has 2 heterocycles. The average Bonchev–Trinajstić information content (AvgIpc) is 3.13. The Hall–Kier alpha value is -3.43. The second-order valence-corrected chi connectivity index (χ2v) is 4.85. The Morgan fingerprint density at radius 3 is 2.92 bits per heavy atom. The van der Waals surface area contributed by atoms with Crippen molar-refractivity contribution in [3.8, 4) is 0 Å². The maximum Gasteiger partial charge on any atom is 0.412 e. The first kappa shape index (κ1) is 15.5. The smallest absolute Gasteiger partial charge is 0.412 e. The summed E-state index contributed by atoms with van der Waals surface area (Å²) in [6, 6.07) is 7.16. The van der Waals surface area contributed by atoms with E-state index >= 15 is 0 Å². The van der Waals surface area contributed by atoms with Gasteiger partial charge < -0.3 is 10.5 Å². The number of fused-ring (bicyclic) bond motifs is 1. The molecule has 0 aliphatic rings. The van der Waals surface area contributed by atoms with Crippen molar-refractivity contribution in [2.75, 3.05) is 17.7 Å². The van der Waals surface area contributed by atoms with E-state index in [1.165, 1.54) is 15.6 Å².